The number of hydrogen-bond donors (Lipinski definition) is 2. The molecule has 2 aromatic rings. The number of carbonyl (C=O) groups excluding carboxylic acids is 2. The smallest absolute Gasteiger partial charge is 0.233 e. The molecule has 2 aromatic carbocycles. The van der Waals surface area contributed by atoms with Crippen LogP contribution in [0.25, 0.3) is 0 Å². The van der Waals surface area contributed by atoms with Gasteiger partial charge in [-0.15, -0.1) is 0 Å². The van der Waals surface area contributed by atoms with Crippen molar-refractivity contribution in [1.29, 1.82) is 0 Å². The lowest BCUT2D eigenvalue weighted by Crippen LogP contribution is -2.21. The van der Waals surface area contributed by atoms with Crippen molar-refractivity contribution in [2.45, 2.75) is 20.3 Å². The summed E-state index contributed by atoms with van der Waals surface area (Å²) in [5, 5.41) is 5.09. The number of rotatable bonds is 4. The van der Waals surface area contributed by atoms with Crippen molar-refractivity contribution in [3.63, 3.8) is 0 Å². The van der Waals surface area contributed by atoms with Gasteiger partial charge in [0.1, 0.15) is 12.2 Å². The molecule has 0 heterocycles. The molecule has 120 valence electrons. The van der Waals surface area contributed by atoms with Crippen molar-refractivity contribution >= 4 is 34.8 Å². The summed E-state index contributed by atoms with van der Waals surface area (Å²) >= 11 is 5.63. The van der Waals surface area contributed by atoms with Gasteiger partial charge >= 0.3 is 0 Å². The quantitative estimate of drug-likeness (QED) is 0.828. The highest BCUT2D eigenvalue weighted by atomic mass is 35.5. The zero-order valence-electron chi connectivity index (χ0n) is 12.7. The van der Waals surface area contributed by atoms with Gasteiger partial charge in [0, 0.05) is 11.4 Å². The maximum absolute atomic E-state index is 13.0. The lowest BCUT2D eigenvalue weighted by atomic mass is 10.1. The topological polar surface area (TPSA) is 58.2 Å². The van der Waals surface area contributed by atoms with Crippen molar-refractivity contribution < 1.29 is 14.0 Å². The minimum Gasteiger partial charge on any atom is -0.326 e. The van der Waals surface area contributed by atoms with Gasteiger partial charge in [0.05, 0.1) is 5.02 Å². The summed E-state index contributed by atoms with van der Waals surface area (Å²) in [7, 11) is 0. The minimum atomic E-state index is -0.572. The van der Waals surface area contributed by atoms with Gasteiger partial charge < -0.3 is 10.6 Å². The predicted octanol–water partition coefficient (Wildman–Crippen LogP) is 4.06. The van der Waals surface area contributed by atoms with E-state index in [2.05, 4.69) is 10.6 Å². The first kappa shape index (κ1) is 17.0. The molecule has 0 fully saturated rings. The first-order valence-corrected chi connectivity index (χ1v) is 7.35. The van der Waals surface area contributed by atoms with Crippen LogP contribution in [0.15, 0.2) is 36.4 Å². The van der Waals surface area contributed by atoms with Gasteiger partial charge in [0.25, 0.3) is 0 Å². The molecule has 2 N–H and O–H groups in total. The summed E-state index contributed by atoms with van der Waals surface area (Å²) in [6.45, 7) is 3.84. The molecule has 0 saturated heterocycles. The number of anilines is 2. The largest absolute Gasteiger partial charge is 0.326 e. The lowest BCUT2D eigenvalue weighted by molar-refractivity contribution is -0.123. The van der Waals surface area contributed by atoms with Crippen molar-refractivity contribution in [2.75, 3.05) is 10.6 Å². The molecule has 0 aliphatic heterocycles. The second-order valence-corrected chi connectivity index (χ2v) is 5.63. The maximum Gasteiger partial charge on any atom is 0.233 e. The Morgan fingerprint density at radius 2 is 1.74 bits per heavy atom. The Morgan fingerprint density at radius 1 is 1.04 bits per heavy atom. The molecule has 2 rings (SSSR count). The van der Waals surface area contributed by atoms with Crippen LogP contribution in [0.5, 0.6) is 0 Å². The zero-order valence-corrected chi connectivity index (χ0v) is 13.5. The Hall–Kier alpha value is -2.40. The van der Waals surface area contributed by atoms with Gasteiger partial charge in [-0.25, -0.2) is 4.39 Å². The Balaban J connectivity index is 1.94. The second kappa shape index (κ2) is 7.24. The number of amides is 2. The van der Waals surface area contributed by atoms with Crippen LogP contribution in [0.2, 0.25) is 5.02 Å². The van der Waals surface area contributed by atoms with E-state index in [1.807, 2.05) is 26.0 Å². The van der Waals surface area contributed by atoms with Crippen molar-refractivity contribution in [2.24, 2.45) is 0 Å². The summed E-state index contributed by atoms with van der Waals surface area (Å²) in [6, 6.07) is 9.42. The number of carbonyl (C=O) groups is 2. The molecule has 0 bridgehead atoms. The minimum absolute atomic E-state index is 0.0949. The number of aryl methyl sites for hydroxylation is 2. The summed E-state index contributed by atoms with van der Waals surface area (Å²) in [6.07, 6.45) is -0.345. The van der Waals surface area contributed by atoms with Crippen molar-refractivity contribution in [3.8, 4) is 0 Å². The molecule has 23 heavy (non-hydrogen) atoms. The van der Waals surface area contributed by atoms with Gasteiger partial charge in [-0.2, -0.15) is 0 Å². The number of nitrogens with one attached hydrogen (secondary N) is 2. The van der Waals surface area contributed by atoms with Crippen molar-refractivity contribution in [1.82, 2.24) is 0 Å². The fraction of sp³-hybridized carbons (Fsp3) is 0.176. The van der Waals surface area contributed by atoms with Crippen molar-refractivity contribution in [3.05, 3.63) is 58.4 Å². The van der Waals surface area contributed by atoms with E-state index in [1.54, 1.807) is 6.07 Å². The van der Waals surface area contributed by atoms with Gasteiger partial charge in [-0.3, -0.25) is 9.59 Å². The van der Waals surface area contributed by atoms with E-state index in [1.165, 1.54) is 12.1 Å². The third-order valence-corrected chi connectivity index (χ3v) is 3.47. The van der Waals surface area contributed by atoms with Crippen LogP contribution in [0.3, 0.4) is 0 Å². The SMILES string of the molecule is Cc1ccc(NC(=O)CC(=O)Nc2ccc(F)c(Cl)c2)c(C)c1. The third-order valence-electron chi connectivity index (χ3n) is 3.18. The Kier molecular flexibility index (Phi) is 5.34. The fourth-order valence-electron chi connectivity index (χ4n) is 2.07. The van der Waals surface area contributed by atoms with Crippen LogP contribution in [0.1, 0.15) is 17.5 Å². The summed E-state index contributed by atoms with van der Waals surface area (Å²) < 4.78 is 13.0. The molecule has 0 atom stereocenters. The summed E-state index contributed by atoms with van der Waals surface area (Å²) in [5.41, 5.74) is 3.01. The molecule has 6 heteroatoms. The first-order valence-electron chi connectivity index (χ1n) is 6.97. The second-order valence-electron chi connectivity index (χ2n) is 5.22. The molecule has 0 aliphatic rings. The summed E-state index contributed by atoms with van der Waals surface area (Å²) in [4.78, 5) is 23.8. The highest BCUT2D eigenvalue weighted by Gasteiger charge is 2.12. The number of benzene rings is 2. The molecule has 2 amide bonds. The van der Waals surface area contributed by atoms with E-state index >= 15 is 0 Å². The van der Waals surface area contributed by atoms with E-state index in [4.69, 9.17) is 11.6 Å². The predicted molar refractivity (Wildman–Crippen MR) is 89.2 cm³/mol. The van der Waals surface area contributed by atoms with Crippen LogP contribution >= 0.6 is 11.6 Å². The van der Waals surface area contributed by atoms with Crippen LogP contribution in [-0.2, 0) is 9.59 Å². The third kappa shape index (κ3) is 4.79. The van der Waals surface area contributed by atoms with Crippen LogP contribution < -0.4 is 10.6 Å². The molecule has 0 saturated carbocycles. The molecule has 0 radical (unpaired) electrons. The molecular formula is C17H16ClFN2O2. The molecular weight excluding hydrogens is 319 g/mol. The monoisotopic (exact) mass is 334 g/mol. The number of halogens is 2. The van der Waals surface area contributed by atoms with Crippen LogP contribution in [-0.4, -0.2) is 11.8 Å². The van der Waals surface area contributed by atoms with E-state index in [9.17, 15) is 14.0 Å². The van der Waals surface area contributed by atoms with E-state index in [-0.39, 0.29) is 11.4 Å². The summed E-state index contributed by atoms with van der Waals surface area (Å²) in [5.74, 6) is -1.50. The van der Waals surface area contributed by atoms with E-state index in [0.717, 1.165) is 17.2 Å². The lowest BCUT2D eigenvalue weighted by Gasteiger charge is -2.09. The van der Waals surface area contributed by atoms with E-state index in [0.29, 0.717) is 11.4 Å². The number of hydrogen-bond acceptors (Lipinski definition) is 2. The Morgan fingerprint density at radius 3 is 2.39 bits per heavy atom. The average Bonchev–Trinajstić information content (AvgIpc) is 2.46. The standard InChI is InChI=1S/C17H16ClFN2O2/c1-10-3-6-15(11(2)7-10)21-17(23)9-16(22)20-12-4-5-14(19)13(18)8-12/h3-8H,9H2,1-2H3,(H,20,22)(H,21,23). The molecule has 0 aromatic heterocycles. The zero-order chi connectivity index (χ0) is 17.0. The average molecular weight is 335 g/mol. The highest BCUT2D eigenvalue weighted by Crippen LogP contribution is 2.20. The van der Waals surface area contributed by atoms with Crippen LogP contribution in [0.4, 0.5) is 15.8 Å². The van der Waals surface area contributed by atoms with E-state index < -0.39 is 17.6 Å². The van der Waals surface area contributed by atoms with Crippen LogP contribution in [0, 0.1) is 19.7 Å². The molecule has 0 unspecified atom stereocenters. The molecule has 0 spiro atoms. The fourth-order valence-corrected chi connectivity index (χ4v) is 2.25. The maximum atomic E-state index is 13.0. The van der Waals surface area contributed by atoms with Gasteiger partial charge in [-0.1, -0.05) is 29.3 Å². The highest BCUT2D eigenvalue weighted by molar-refractivity contribution is 6.31. The Bertz CT molecular complexity index is 762. The Labute approximate surface area is 138 Å². The van der Waals surface area contributed by atoms with Gasteiger partial charge in [0.15, 0.2) is 0 Å². The normalized spacial score (nSPS) is 10.3. The van der Waals surface area contributed by atoms with Gasteiger partial charge in [0.2, 0.25) is 11.8 Å². The first-order chi connectivity index (χ1) is 10.8. The molecule has 0 aliphatic carbocycles. The van der Waals surface area contributed by atoms with Gasteiger partial charge in [-0.05, 0) is 43.7 Å². The molecule has 4 nitrogen and oxygen atoms in total.